The molecule has 1 amide bonds. The molecule has 1 aromatic heterocycles. The van der Waals surface area contributed by atoms with Crippen molar-refractivity contribution in [1.82, 2.24) is 5.32 Å². The van der Waals surface area contributed by atoms with Crippen LogP contribution in [0.25, 0.3) is 11.3 Å². The molecule has 154 valence electrons. The minimum Gasteiger partial charge on any atom is -0.486 e. The highest BCUT2D eigenvalue weighted by atomic mass is 35.5. The van der Waals surface area contributed by atoms with Gasteiger partial charge >= 0.3 is 0 Å². The van der Waals surface area contributed by atoms with Crippen LogP contribution in [0.1, 0.15) is 33.4 Å². The lowest BCUT2D eigenvalue weighted by atomic mass is 10.1. The molecule has 0 unspecified atom stereocenters. The Morgan fingerprint density at radius 3 is 2.57 bits per heavy atom. The zero-order valence-electron chi connectivity index (χ0n) is 16.4. The van der Waals surface area contributed by atoms with Crippen molar-refractivity contribution in [2.75, 3.05) is 19.8 Å². The van der Waals surface area contributed by atoms with Crippen LogP contribution in [0.2, 0.25) is 5.02 Å². The van der Waals surface area contributed by atoms with Gasteiger partial charge in [0, 0.05) is 17.7 Å². The molecular formula is C23H20ClNO5. The zero-order chi connectivity index (χ0) is 21.1. The molecule has 30 heavy (non-hydrogen) atoms. The molecule has 1 aliphatic heterocycles. The van der Waals surface area contributed by atoms with Gasteiger partial charge in [0.2, 0.25) is 0 Å². The monoisotopic (exact) mass is 425 g/mol. The molecule has 1 aliphatic rings. The van der Waals surface area contributed by atoms with Gasteiger partial charge in [-0.1, -0.05) is 35.9 Å². The van der Waals surface area contributed by atoms with Crippen LogP contribution >= 0.6 is 11.6 Å². The van der Waals surface area contributed by atoms with Gasteiger partial charge in [0.15, 0.2) is 23.0 Å². The van der Waals surface area contributed by atoms with Gasteiger partial charge in [-0.25, -0.2) is 0 Å². The van der Waals surface area contributed by atoms with Crippen LogP contribution in [0.3, 0.4) is 0 Å². The molecule has 0 saturated carbocycles. The first-order chi connectivity index (χ1) is 14.5. The van der Waals surface area contributed by atoms with Crippen LogP contribution in [-0.4, -0.2) is 31.4 Å². The summed E-state index contributed by atoms with van der Waals surface area (Å²) in [7, 11) is 0. The average Bonchev–Trinajstić information content (AvgIpc) is 3.24. The molecule has 0 saturated heterocycles. The van der Waals surface area contributed by atoms with Crippen LogP contribution in [0.5, 0.6) is 11.5 Å². The Bertz CT molecular complexity index is 1090. The fourth-order valence-electron chi connectivity index (χ4n) is 3.20. The number of rotatable bonds is 6. The van der Waals surface area contributed by atoms with E-state index in [1.54, 1.807) is 36.4 Å². The fourth-order valence-corrected chi connectivity index (χ4v) is 3.49. The normalized spacial score (nSPS) is 12.5. The average molecular weight is 426 g/mol. The second-order valence-electron chi connectivity index (χ2n) is 6.91. The molecule has 2 heterocycles. The highest BCUT2D eigenvalue weighted by molar-refractivity contribution is 6.32. The number of benzene rings is 2. The van der Waals surface area contributed by atoms with Gasteiger partial charge in [-0.15, -0.1) is 0 Å². The zero-order valence-corrected chi connectivity index (χ0v) is 17.1. The summed E-state index contributed by atoms with van der Waals surface area (Å²) in [5.74, 6) is 1.68. The lowest BCUT2D eigenvalue weighted by Gasteiger charge is -2.20. The first-order valence-corrected chi connectivity index (χ1v) is 9.96. The third-order valence-electron chi connectivity index (χ3n) is 4.76. The molecule has 6 nitrogen and oxygen atoms in total. The van der Waals surface area contributed by atoms with E-state index in [0.717, 1.165) is 11.1 Å². The summed E-state index contributed by atoms with van der Waals surface area (Å²) >= 11 is 6.25. The van der Waals surface area contributed by atoms with Crippen LogP contribution in [0, 0.1) is 0 Å². The van der Waals surface area contributed by atoms with E-state index in [-0.39, 0.29) is 17.5 Å². The van der Waals surface area contributed by atoms with E-state index >= 15 is 0 Å². The predicted octanol–water partition coefficient (Wildman–Crippen LogP) is 4.55. The number of hydrogen-bond donors (Lipinski definition) is 1. The molecule has 4 rings (SSSR count). The molecule has 2 aromatic carbocycles. The predicted molar refractivity (Wildman–Crippen MR) is 113 cm³/mol. The Hall–Kier alpha value is -3.25. The molecule has 0 fully saturated rings. The maximum Gasteiger partial charge on any atom is 0.287 e. The number of halogens is 1. The topological polar surface area (TPSA) is 77.8 Å². The Kier molecular flexibility index (Phi) is 5.77. The lowest BCUT2D eigenvalue weighted by Crippen LogP contribution is -2.25. The molecule has 0 bridgehead atoms. The number of carbonyl (C=O) groups is 2. The summed E-state index contributed by atoms with van der Waals surface area (Å²) in [6, 6.07) is 14.1. The second kappa shape index (κ2) is 8.63. The quantitative estimate of drug-likeness (QED) is 0.586. The Morgan fingerprint density at radius 1 is 1.03 bits per heavy atom. The van der Waals surface area contributed by atoms with Crippen molar-refractivity contribution < 1.29 is 23.5 Å². The van der Waals surface area contributed by atoms with E-state index in [2.05, 4.69) is 5.32 Å². The Labute approximate surface area is 178 Å². The number of ketones is 1. The molecule has 0 aliphatic carbocycles. The van der Waals surface area contributed by atoms with E-state index in [9.17, 15) is 9.59 Å². The SMILES string of the molecule is CC(=O)c1ccc(-c2ccc(C(=O)NCCc3cc(Cl)c4c(c3)OCCO4)o2)cc1. The van der Waals surface area contributed by atoms with Crippen molar-refractivity contribution in [3.05, 3.63) is 70.4 Å². The Morgan fingerprint density at radius 2 is 1.80 bits per heavy atom. The number of Topliss-reactive ketones (excluding diaryl/α,β-unsaturated/α-hetero) is 1. The van der Waals surface area contributed by atoms with Crippen LogP contribution < -0.4 is 14.8 Å². The molecule has 0 spiro atoms. The van der Waals surface area contributed by atoms with E-state index in [4.69, 9.17) is 25.5 Å². The van der Waals surface area contributed by atoms with Crippen molar-refractivity contribution in [3.8, 4) is 22.8 Å². The lowest BCUT2D eigenvalue weighted by molar-refractivity contribution is 0.0926. The van der Waals surface area contributed by atoms with Crippen molar-refractivity contribution in [2.24, 2.45) is 0 Å². The van der Waals surface area contributed by atoms with Crippen molar-refractivity contribution >= 4 is 23.3 Å². The highest BCUT2D eigenvalue weighted by Gasteiger charge is 2.17. The van der Waals surface area contributed by atoms with Gasteiger partial charge in [-0.2, -0.15) is 0 Å². The van der Waals surface area contributed by atoms with Gasteiger partial charge < -0.3 is 19.2 Å². The fraction of sp³-hybridized carbons (Fsp3) is 0.217. The molecule has 7 heteroatoms. The minimum atomic E-state index is -0.301. The third kappa shape index (κ3) is 4.33. The highest BCUT2D eigenvalue weighted by Crippen LogP contribution is 2.38. The van der Waals surface area contributed by atoms with E-state index in [0.29, 0.717) is 54.0 Å². The summed E-state index contributed by atoms with van der Waals surface area (Å²) in [5.41, 5.74) is 2.36. The van der Waals surface area contributed by atoms with Gasteiger partial charge in [0.25, 0.3) is 5.91 Å². The molecule has 0 radical (unpaired) electrons. The molecule has 0 atom stereocenters. The number of hydrogen-bond acceptors (Lipinski definition) is 5. The van der Waals surface area contributed by atoms with Crippen LogP contribution in [0.15, 0.2) is 52.9 Å². The van der Waals surface area contributed by atoms with Gasteiger partial charge in [-0.05, 0) is 43.2 Å². The smallest absolute Gasteiger partial charge is 0.287 e. The van der Waals surface area contributed by atoms with E-state index < -0.39 is 0 Å². The van der Waals surface area contributed by atoms with Crippen LogP contribution in [0.4, 0.5) is 0 Å². The van der Waals surface area contributed by atoms with Crippen LogP contribution in [-0.2, 0) is 6.42 Å². The third-order valence-corrected chi connectivity index (χ3v) is 5.04. The summed E-state index contributed by atoms with van der Waals surface area (Å²) in [6.45, 7) is 2.90. The van der Waals surface area contributed by atoms with Gasteiger partial charge in [0.05, 0.1) is 5.02 Å². The maximum absolute atomic E-state index is 12.4. The first-order valence-electron chi connectivity index (χ1n) is 9.58. The molecule has 1 N–H and O–H groups in total. The summed E-state index contributed by atoms with van der Waals surface area (Å²) in [6.07, 6.45) is 0.585. The number of fused-ring (bicyclic) bond motifs is 1. The first kappa shape index (κ1) is 20.0. The van der Waals surface area contributed by atoms with E-state index in [1.807, 2.05) is 12.1 Å². The van der Waals surface area contributed by atoms with Crippen molar-refractivity contribution in [2.45, 2.75) is 13.3 Å². The summed E-state index contributed by atoms with van der Waals surface area (Å²) in [5, 5.41) is 3.34. The number of furan rings is 1. The minimum absolute atomic E-state index is 0.000337. The van der Waals surface area contributed by atoms with Gasteiger partial charge in [-0.3, -0.25) is 9.59 Å². The number of amides is 1. The van der Waals surface area contributed by atoms with Crippen molar-refractivity contribution in [1.29, 1.82) is 0 Å². The maximum atomic E-state index is 12.4. The number of nitrogens with one attached hydrogen (secondary N) is 1. The number of carbonyl (C=O) groups excluding carboxylic acids is 2. The Balaban J connectivity index is 1.36. The standard InChI is InChI=1S/C23H20ClNO5/c1-14(26)16-2-4-17(5-3-16)19-6-7-20(30-19)23(27)25-9-8-15-12-18(24)22-21(13-15)28-10-11-29-22/h2-7,12-13H,8-11H2,1H3,(H,25,27). The molecule has 3 aromatic rings. The largest absolute Gasteiger partial charge is 0.486 e. The summed E-state index contributed by atoms with van der Waals surface area (Å²) < 4.78 is 16.8. The second-order valence-corrected chi connectivity index (χ2v) is 7.31. The number of ether oxygens (including phenoxy) is 2. The molecular weight excluding hydrogens is 406 g/mol. The van der Waals surface area contributed by atoms with Crippen molar-refractivity contribution in [3.63, 3.8) is 0 Å². The van der Waals surface area contributed by atoms with E-state index in [1.165, 1.54) is 6.92 Å². The summed E-state index contributed by atoms with van der Waals surface area (Å²) in [4.78, 5) is 23.8. The van der Waals surface area contributed by atoms with Gasteiger partial charge in [0.1, 0.15) is 19.0 Å².